The van der Waals surface area contributed by atoms with E-state index in [4.69, 9.17) is 4.74 Å². The fourth-order valence-corrected chi connectivity index (χ4v) is 2.83. The molecule has 0 saturated carbocycles. The van der Waals surface area contributed by atoms with Crippen molar-refractivity contribution in [2.24, 2.45) is 11.3 Å². The summed E-state index contributed by atoms with van der Waals surface area (Å²) in [5.74, 6) is 0.0923. The van der Waals surface area contributed by atoms with Crippen LogP contribution in [0.2, 0.25) is 0 Å². The van der Waals surface area contributed by atoms with Gasteiger partial charge in [0.2, 0.25) is 0 Å². The van der Waals surface area contributed by atoms with Gasteiger partial charge in [-0.3, -0.25) is 4.79 Å². The van der Waals surface area contributed by atoms with E-state index in [1.165, 1.54) is 0 Å². The van der Waals surface area contributed by atoms with Gasteiger partial charge < -0.3 is 4.74 Å². The van der Waals surface area contributed by atoms with Crippen LogP contribution in [0.3, 0.4) is 0 Å². The van der Waals surface area contributed by atoms with Gasteiger partial charge in [0.05, 0.1) is 12.2 Å². The molecule has 1 aromatic rings. The lowest BCUT2D eigenvalue weighted by molar-refractivity contribution is -0.127. The Labute approximate surface area is 132 Å². The third-order valence-electron chi connectivity index (χ3n) is 4.86. The average Bonchev–Trinajstić information content (AvgIpc) is 2.52. The quantitative estimate of drug-likeness (QED) is 0.766. The second-order valence-corrected chi connectivity index (χ2v) is 6.46. The second-order valence-electron chi connectivity index (χ2n) is 6.46. The molecule has 0 bridgehead atoms. The first-order chi connectivity index (χ1) is 10.4. The molecule has 2 rings (SSSR count). The molecule has 118 valence electrons. The van der Waals surface area contributed by atoms with Crippen LogP contribution in [-0.4, -0.2) is 18.4 Å². The smallest absolute Gasteiger partial charge is 0.338 e. The van der Waals surface area contributed by atoms with Crippen molar-refractivity contribution < 1.29 is 14.3 Å². The van der Waals surface area contributed by atoms with Crippen LogP contribution in [0.5, 0.6) is 0 Å². The molecule has 22 heavy (non-hydrogen) atoms. The Balaban J connectivity index is 1.87. The molecule has 0 spiro atoms. The van der Waals surface area contributed by atoms with Crippen LogP contribution in [0.4, 0.5) is 0 Å². The number of esters is 1. The normalized spacial score (nSPS) is 22.9. The molecule has 0 saturated heterocycles. The first-order valence-electron chi connectivity index (χ1n) is 7.87. The van der Waals surface area contributed by atoms with Crippen molar-refractivity contribution in [2.45, 2.75) is 40.0 Å². The summed E-state index contributed by atoms with van der Waals surface area (Å²) in [6.45, 7) is 6.45. The molecule has 3 heteroatoms. The molecule has 0 aromatic heterocycles. The van der Waals surface area contributed by atoms with E-state index in [1.54, 1.807) is 18.2 Å². The van der Waals surface area contributed by atoms with Crippen molar-refractivity contribution in [3.8, 4) is 0 Å². The van der Waals surface area contributed by atoms with Crippen molar-refractivity contribution in [3.05, 3.63) is 47.5 Å². The highest BCUT2D eigenvalue weighted by Gasteiger charge is 2.38. The van der Waals surface area contributed by atoms with Gasteiger partial charge in [-0.2, -0.15) is 0 Å². The number of rotatable bonds is 5. The summed E-state index contributed by atoms with van der Waals surface area (Å²) >= 11 is 0. The van der Waals surface area contributed by atoms with Gasteiger partial charge in [-0.25, -0.2) is 4.79 Å². The lowest BCUT2D eigenvalue weighted by Gasteiger charge is -2.36. The molecular formula is C19H24O3. The van der Waals surface area contributed by atoms with E-state index >= 15 is 0 Å². The van der Waals surface area contributed by atoms with Gasteiger partial charge in [-0.1, -0.05) is 37.6 Å². The number of benzene rings is 1. The van der Waals surface area contributed by atoms with E-state index in [-0.39, 0.29) is 23.1 Å². The predicted molar refractivity (Wildman–Crippen MR) is 86.6 cm³/mol. The highest BCUT2D eigenvalue weighted by molar-refractivity contribution is 5.96. The Bertz CT molecular complexity index is 574. The lowest BCUT2D eigenvalue weighted by Crippen LogP contribution is -2.36. The van der Waals surface area contributed by atoms with Gasteiger partial charge in [-0.05, 0) is 50.3 Å². The number of hydrogen-bond acceptors (Lipinski definition) is 3. The maximum Gasteiger partial charge on any atom is 0.338 e. The highest BCUT2D eigenvalue weighted by Crippen LogP contribution is 2.40. The van der Waals surface area contributed by atoms with Gasteiger partial charge in [0.25, 0.3) is 0 Å². The molecule has 0 radical (unpaired) electrons. The number of allylic oxidation sites excluding steroid dienone is 2. The maximum atomic E-state index is 12.3. The second kappa shape index (κ2) is 6.91. The molecule has 1 aromatic carbocycles. The molecule has 0 unspecified atom stereocenters. The minimum Gasteiger partial charge on any atom is -0.462 e. The fraction of sp³-hybridized carbons (Fsp3) is 0.474. The molecule has 0 aliphatic heterocycles. The Morgan fingerprint density at radius 3 is 2.64 bits per heavy atom. The number of carbonyl (C=O) groups is 2. The van der Waals surface area contributed by atoms with Crippen LogP contribution in [0.25, 0.3) is 0 Å². The van der Waals surface area contributed by atoms with Gasteiger partial charge in [0.1, 0.15) is 0 Å². The summed E-state index contributed by atoms with van der Waals surface area (Å²) in [5.41, 5.74) is 1.39. The van der Waals surface area contributed by atoms with Gasteiger partial charge in [0, 0.05) is 5.41 Å². The van der Waals surface area contributed by atoms with E-state index in [0.29, 0.717) is 18.6 Å². The first kappa shape index (κ1) is 16.5. The van der Waals surface area contributed by atoms with Crippen LogP contribution in [-0.2, 0) is 9.53 Å². The zero-order chi connectivity index (χ0) is 16.2. The summed E-state index contributed by atoms with van der Waals surface area (Å²) in [6.07, 6.45) is 4.32. The number of ketones is 1. The monoisotopic (exact) mass is 300 g/mol. The number of hydrogen-bond donors (Lipinski definition) is 0. The molecule has 3 nitrogen and oxygen atoms in total. The highest BCUT2D eigenvalue weighted by atomic mass is 16.5. The zero-order valence-electron chi connectivity index (χ0n) is 13.6. The third-order valence-corrected chi connectivity index (χ3v) is 4.86. The van der Waals surface area contributed by atoms with Crippen molar-refractivity contribution in [1.29, 1.82) is 0 Å². The predicted octanol–water partition coefficient (Wildman–Crippen LogP) is 4.19. The lowest BCUT2D eigenvalue weighted by atomic mass is 9.67. The summed E-state index contributed by atoms with van der Waals surface area (Å²) < 4.78 is 5.33. The van der Waals surface area contributed by atoms with Crippen molar-refractivity contribution >= 4 is 11.8 Å². The molecule has 1 aliphatic rings. The zero-order valence-corrected chi connectivity index (χ0v) is 13.6. The molecule has 0 heterocycles. The topological polar surface area (TPSA) is 43.4 Å². The van der Waals surface area contributed by atoms with E-state index in [9.17, 15) is 9.59 Å². The molecule has 1 aliphatic carbocycles. The van der Waals surface area contributed by atoms with E-state index in [0.717, 1.165) is 18.4 Å². The maximum absolute atomic E-state index is 12.3. The van der Waals surface area contributed by atoms with Crippen LogP contribution < -0.4 is 0 Å². The average molecular weight is 300 g/mol. The standard InChI is InChI=1S/C19H24O3/c1-14-9-11-19(3,17(20)13-14)15(2)10-12-22-18(21)16-7-5-4-6-8-16/h4-8,13,15H,9-12H2,1-3H3/t15-,19+/m1/s1. The van der Waals surface area contributed by atoms with E-state index < -0.39 is 0 Å². The van der Waals surface area contributed by atoms with Gasteiger partial charge in [-0.15, -0.1) is 0 Å². The molecule has 2 atom stereocenters. The van der Waals surface area contributed by atoms with Crippen molar-refractivity contribution in [2.75, 3.05) is 6.61 Å². The van der Waals surface area contributed by atoms with E-state index in [1.807, 2.05) is 32.0 Å². The van der Waals surface area contributed by atoms with Gasteiger partial charge >= 0.3 is 5.97 Å². The van der Waals surface area contributed by atoms with Crippen LogP contribution >= 0.6 is 0 Å². The van der Waals surface area contributed by atoms with Crippen LogP contribution in [0, 0.1) is 11.3 Å². The minimum atomic E-state index is -0.335. The van der Waals surface area contributed by atoms with Gasteiger partial charge in [0.15, 0.2) is 5.78 Å². The Morgan fingerprint density at radius 1 is 1.32 bits per heavy atom. The molecule has 0 N–H and O–H groups in total. The summed E-state index contributed by atoms with van der Waals surface area (Å²) in [5, 5.41) is 0. The van der Waals surface area contributed by atoms with E-state index in [2.05, 4.69) is 6.92 Å². The van der Waals surface area contributed by atoms with Crippen molar-refractivity contribution in [3.63, 3.8) is 0 Å². The largest absolute Gasteiger partial charge is 0.462 e. The number of ether oxygens (including phenoxy) is 1. The summed E-state index contributed by atoms with van der Waals surface area (Å²) in [6, 6.07) is 8.98. The molecule has 0 fully saturated rings. The first-order valence-corrected chi connectivity index (χ1v) is 7.87. The van der Waals surface area contributed by atoms with Crippen molar-refractivity contribution in [1.82, 2.24) is 0 Å². The Hall–Kier alpha value is -1.90. The third kappa shape index (κ3) is 3.65. The SMILES string of the molecule is CC1=CC(=O)[C@](C)([C@H](C)CCOC(=O)c2ccccc2)CC1. The fourth-order valence-electron chi connectivity index (χ4n) is 2.83. The Morgan fingerprint density at radius 2 is 2.00 bits per heavy atom. The van der Waals surface area contributed by atoms with Crippen LogP contribution in [0.15, 0.2) is 42.0 Å². The number of carbonyl (C=O) groups excluding carboxylic acids is 2. The molecular weight excluding hydrogens is 276 g/mol. The molecule has 0 amide bonds. The Kier molecular flexibility index (Phi) is 5.17. The summed E-state index contributed by atoms with van der Waals surface area (Å²) in [7, 11) is 0. The minimum absolute atomic E-state index is 0.188. The van der Waals surface area contributed by atoms with Crippen LogP contribution in [0.1, 0.15) is 50.4 Å². The summed E-state index contributed by atoms with van der Waals surface area (Å²) in [4.78, 5) is 24.2.